The van der Waals surface area contributed by atoms with Gasteiger partial charge in [-0.3, -0.25) is 0 Å². The van der Waals surface area contributed by atoms with E-state index in [4.69, 9.17) is 16.0 Å². The van der Waals surface area contributed by atoms with Crippen molar-refractivity contribution in [3.63, 3.8) is 0 Å². The molecule has 1 N–H and O–H groups in total. The average Bonchev–Trinajstić information content (AvgIpc) is 2.76. The molecule has 0 saturated heterocycles. The number of hydrogen-bond acceptors (Lipinski definition) is 3. The predicted octanol–water partition coefficient (Wildman–Crippen LogP) is 3.29. The minimum atomic E-state index is 0.433. The first-order valence-corrected chi connectivity index (χ1v) is 6.24. The van der Waals surface area contributed by atoms with E-state index < -0.39 is 0 Å². The number of nitrogens with zero attached hydrogens (tertiary/aromatic N) is 1. The van der Waals surface area contributed by atoms with Crippen LogP contribution in [0.3, 0.4) is 0 Å². The van der Waals surface area contributed by atoms with Crippen LogP contribution in [0.15, 0.2) is 40.8 Å². The zero-order chi connectivity index (χ0) is 13.0. The van der Waals surface area contributed by atoms with Gasteiger partial charge in [-0.2, -0.15) is 0 Å². The Kier molecular flexibility index (Phi) is 4.28. The summed E-state index contributed by atoms with van der Waals surface area (Å²) < 4.78 is 5.27. The molecule has 1 aromatic carbocycles. The summed E-state index contributed by atoms with van der Waals surface area (Å²) in [5.74, 6) is 0.852. The number of rotatable bonds is 5. The van der Waals surface area contributed by atoms with Gasteiger partial charge in [0.15, 0.2) is 5.22 Å². The van der Waals surface area contributed by atoms with E-state index in [0.717, 1.165) is 12.3 Å². The fourth-order valence-corrected chi connectivity index (χ4v) is 1.85. The fraction of sp³-hybridized carbons (Fsp3) is 0.286. The highest BCUT2D eigenvalue weighted by atomic mass is 35.5. The minimum Gasteiger partial charge on any atom is -0.448 e. The quantitative estimate of drug-likeness (QED) is 0.898. The van der Waals surface area contributed by atoms with Crippen molar-refractivity contribution < 1.29 is 4.42 Å². The van der Waals surface area contributed by atoms with Crippen molar-refractivity contribution >= 4 is 17.3 Å². The first-order valence-electron chi connectivity index (χ1n) is 5.86. The minimum absolute atomic E-state index is 0.433. The zero-order valence-corrected chi connectivity index (χ0v) is 11.4. The molecule has 0 aliphatic rings. The average molecular weight is 265 g/mol. The van der Waals surface area contributed by atoms with E-state index in [0.29, 0.717) is 11.8 Å². The maximum Gasteiger partial charge on any atom is 0.193 e. The van der Waals surface area contributed by atoms with Crippen molar-refractivity contribution in [3.05, 3.63) is 52.9 Å². The summed E-state index contributed by atoms with van der Waals surface area (Å²) in [4.78, 5) is 2.09. The topological polar surface area (TPSA) is 28.4 Å². The molecule has 96 valence electrons. The van der Waals surface area contributed by atoms with E-state index in [1.165, 1.54) is 11.3 Å². The van der Waals surface area contributed by atoms with Crippen LogP contribution in [-0.4, -0.2) is 14.1 Å². The van der Waals surface area contributed by atoms with Crippen LogP contribution in [0, 0.1) is 0 Å². The van der Waals surface area contributed by atoms with Gasteiger partial charge in [0.25, 0.3) is 0 Å². The second-order valence-corrected chi connectivity index (χ2v) is 4.74. The molecule has 1 heterocycles. The summed E-state index contributed by atoms with van der Waals surface area (Å²) in [5, 5.41) is 3.75. The van der Waals surface area contributed by atoms with E-state index in [2.05, 4.69) is 34.5 Å². The normalized spacial score (nSPS) is 10.6. The molecule has 4 heteroatoms. The third-order valence-corrected chi connectivity index (χ3v) is 2.91. The molecule has 18 heavy (non-hydrogen) atoms. The summed E-state index contributed by atoms with van der Waals surface area (Å²) in [6.45, 7) is 1.49. The number of furan rings is 1. The first-order chi connectivity index (χ1) is 8.65. The molecule has 0 atom stereocenters. The van der Waals surface area contributed by atoms with Gasteiger partial charge in [-0.15, -0.1) is 0 Å². The second kappa shape index (κ2) is 5.94. The van der Waals surface area contributed by atoms with Gasteiger partial charge >= 0.3 is 0 Å². The molecular weight excluding hydrogens is 248 g/mol. The zero-order valence-electron chi connectivity index (χ0n) is 10.6. The Morgan fingerprint density at radius 1 is 1.06 bits per heavy atom. The van der Waals surface area contributed by atoms with Crippen molar-refractivity contribution in [1.82, 2.24) is 5.32 Å². The van der Waals surface area contributed by atoms with Crippen molar-refractivity contribution in [2.75, 3.05) is 19.0 Å². The molecule has 2 rings (SSSR count). The summed E-state index contributed by atoms with van der Waals surface area (Å²) in [6, 6.07) is 12.1. The van der Waals surface area contributed by atoms with Gasteiger partial charge in [-0.05, 0) is 41.4 Å². The summed E-state index contributed by atoms with van der Waals surface area (Å²) in [7, 11) is 4.07. The Morgan fingerprint density at radius 2 is 1.78 bits per heavy atom. The first kappa shape index (κ1) is 13.0. The third kappa shape index (κ3) is 3.52. The van der Waals surface area contributed by atoms with Crippen molar-refractivity contribution in [1.29, 1.82) is 0 Å². The fourth-order valence-electron chi connectivity index (χ4n) is 1.69. The smallest absolute Gasteiger partial charge is 0.193 e. The highest BCUT2D eigenvalue weighted by molar-refractivity contribution is 6.28. The molecule has 3 nitrogen and oxygen atoms in total. The van der Waals surface area contributed by atoms with E-state index in [9.17, 15) is 0 Å². The number of benzene rings is 1. The van der Waals surface area contributed by atoms with Gasteiger partial charge < -0.3 is 14.6 Å². The van der Waals surface area contributed by atoms with Crippen LogP contribution in [0.1, 0.15) is 11.3 Å². The standard InChI is InChI=1S/C14H17ClN2O/c1-17(2)12-5-3-11(4-6-12)9-16-10-13-7-8-14(15)18-13/h3-8,16H,9-10H2,1-2H3. The van der Waals surface area contributed by atoms with Crippen molar-refractivity contribution in [3.8, 4) is 0 Å². The van der Waals surface area contributed by atoms with Gasteiger partial charge in [0.05, 0.1) is 6.54 Å². The monoisotopic (exact) mass is 264 g/mol. The van der Waals surface area contributed by atoms with Crippen LogP contribution >= 0.6 is 11.6 Å². The molecule has 0 fully saturated rings. The van der Waals surface area contributed by atoms with E-state index in [1.807, 2.05) is 20.2 Å². The SMILES string of the molecule is CN(C)c1ccc(CNCc2ccc(Cl)o2)cc1. The Bertz CT molecular complexity index is 491. The molecule has 0 unspecified atom stereocenters. The highest BCUT2D eigenvalue weighted by Gasteiger charge is 2.00. The second-order valence-electron chi connectivity index (χ2n) is 4.37. The lowest BCUT2D eigenvalue weighted by Gasteiger charge is -2.12. The van der Waals surface area contributed by atoms with Gasteiger partial charge in [0.1, 0.15) is 5.76 Å². The van der Waals surface area contributed by atoms with E-state index in [1.54, 1.807) is 6.07 Å². The van der Waals surface area contributed by atoms with Crippen LogP contribution < -0.4 is 10.2 Å². The van der Waals surface area contributed by atoms with E-state index >= 15 is 0 Å². The van der Waals surface area contributed by atoms with Gasteiger partial charge in [-0.1, -0.05) is 12.1 Å². The molecule has 2 aromatic rings. The van der Waals surface area contributed by atoms with Crippen molar-refractivity contribution in [2.24, 2.45) is 0 Å². The molecule has 0 aliphatic heterocycles. The Morgan fingerprint density at radius 3 is 2.33 bits per heavy atom. The van der Waals surface area contributed by atoms with Gasteiger partial charge in [0.2, 0.25) is 0 Å². The van der Waals surface area contributed by atoms with Crippen LogP contribution in [0.5, 0.6) is 0 Å². The summed E-state index contributed by atoms with van der Waals surface area (Å²) in [5.41, 5.74) is 2.45. The van der Waals surface area contributed by atoms with E-state index in [-0.39, 0.29) is 0 Å². The lowest BCUT2D eigenvalue weighted by atomic mass is 10.2. The highest BCUT2D eigenvalue weighted by Crippen LogP contribution is 2.14. The largest absolute Gasteiger partial charge is 0.448 e. The van der Waals surface area contributed by atoms with Crippen LogP contribution in [0.4, 0.5) is 5.69 Å². The number of nitrogens with one attached hydrogen (secondary N) is 1. The van der Waals surface area contributed by atoms with Crippen LogP contribution in [0.2, 0.25) is 5.22 Å². The predicted molar refractivity (Wildman–Crippen MR) is 75.0 cm³/mol. The number of anilines is 1. The molecule has 0 saturated carbocycles. The van der Waals surface area contributed by atoms with Gasteiger partial charge in [-0.25, -0.2) is 0 Å². The Labute approximate surface area is 112 Å². The number of hydrogen-bond donors (Lipinski definition) is 1. The Balaban J connectivity index is 1.83. The maximum absolute atomic E-state index is 5.70. The lowest BCUT2D eigenvalue weighted by Crippen LogP contribution is -2.12. The third-order valence-electron chi connectivity index (χ3n) is 2.71. The summed E-state index contributed by atoms with van der Waals surface area (Å²) in [6.07, 6.45) is 0. The van der Waals surface area contributed by atoms with Crippen LogP contribution in [-0.2, 0) is 13.1 Å². The molecule has 0 amide bonds. The molecule has 0 radical (unpaired) electrons. The summed E-state index contributed by atoms with van der Waals surface area (Å²) >= 11 is 5.70. The Hall–Kier alpha value is -1.45. The molecule has 0 bridgehead atoms. The number of halogens is 1. The van der Waals surface area contributed by atoms with Gasteiger partial charge in [0, 0.05) is 26.3 Å². The molecule has 0 spiro atoms. The lowest BCUT2D eigenvalue weighted by molar-refractivity contribution is 0.484. The molecule has 0 aliphatic carbocycles. The van der Waals surface area contributed by atoms with Crippen molar-refractivity contribution in [2.45, 2.75) is 13.1 Å². The van der Waals surface area contributed by atoms with Crippen LogP contribution in [0.25, 0.3) is 0 Å². The maximum atomic E-state index is 5.70. The molecule has 1 aromatic heterocycles. The molecular formula is C14H17ClN2O.